The Morgan fingerprint density at radius 2 is 1.70 bits per heavy atom. The van der Waals surface area contributed by atoms with Gasteiger partial charge in [-0.05, 0) is 35.7 Å². The van der Waals surface area contributed by atoms with Crippen molar-refractivity contribution in [1.29, 1.82) is 0 Å². The van der Waals surface area contributed by atoms with Gasteiger partial charge in [-0.1, -0.05) is 49.6 Å². The molecular formula is C18H23NO. The number of hydrogen-bond donors (Lipinski definition) is 2. The van der Waals surface area contributed by atoms with Crippen molar-refractivity contribution in [2.75, 3.05) is 18.5 Å². The first-order valence-electron chi connectivity index (χ1n) is 7.65. The smallest absolute Gasteiger partial charge is 0.0504 e. The fourth-order valence-corrected chi connectivity index (χ4v) is 3.28. The predicted molar refractivity (Wildman–Crippen MR) is 85.0 cm³/mol. The SMILES string of the molecule is OCC1(CNc2ccc3ccccc3c2)CCCCC1. The lowest BCUT2D eigenvalue weighted by Gasteiger charge is -2.36. The number of benzene rings is 2. The molecule has 0 bridgehead atoms. The van der Waals surface area contributed by atoms with Gasteiger partial charge in [0.05, 0.1) is 6.61 Å². The summed E-state index contributed by atoms with van der Waals surface area (Å²) in [5.74, 6) is 0. The normalized spacial score (nSPS) is 18.1. The van der Waals surface area contributed by atoms with Crippen molar-refractivity contribution in [3.8, 4) is 0 Å². The quantitative estimate of drug-likeness (QED) is 0.872. The second-order valence-electron chi connectivity index (χ2n) is 6.13. The van der Waals surface area contributed by atoms with Crippen molar-refractivity contribution in [2.45, 2.75) is 32.1 Å². The number of hydrogen-bond acceptors (Lipinski definition) is 2. The van der Waals surface area contributed by atoms with Crippen LogP contribution in [0, 0.1) is 5.41 Å². The Hall–Kier alpha value is -1.54. The summed E-state index contributed by atoms with van der Waals surface area (Å²) in [4.78, 5) is 0. The fraction of sp³-hybridized carbons (Fsp3) is 0.444. The maximum absolute atomic E-state index is 9.75. The molecule has 1 aliphatic carbocycles. The fourth-order valence-electron chi connectivity index (χ4n) is 3.28. The van der Waals surface area contributed by atoms with Gasteiger partial charge in [0.25, 0.3) is 0 Å². The van der Waals surface area contributed by atoms with E-state index in [-0.39, 0.29) is 5.41 Å². The molecule has 2 N–H and O–H groups in total. The lowest BCUT2D eigenvalue weighted by molar-refractivity contribution is 0.0944. The van der Waals surface area contributed by atoms with E-state index in [0.717, 1.165) is 25.1 Å². The van der Waals surface area contributed by atoms with Crippen molar-refractivity contribution in [3.05, 3.63) is 42.5 Å². The molecule has 20 heavy (non-hydrogen) atoms. The Morgan fingerprint density at radius 1 is 0.950 bits per heavy atom. The number of anilines is 1. The van der Waals surface area contributed by atoms with E-state index < -0.39 is 0 Å². The maximum Gasteiger partial charge on any atom is 0.0504 e. The van der Waals surface area contributed by atoms with Gasteiger partial charge in [-0.15, -0.1) is 0 Å². The molecule has 0 amide bonds. The molecule has 0 saturated heterocycles. The molecule has 0 aliphatic heterocycles. The summed E-state index contributed by atoms with van der Waals surface area (Å²) in [6.45, 7) is 1.18. The summed E-state index contributed by atoms with van der Waals surface area (Å²) in [5.41, 5.74) is 1.24. The average Bonchev–Trinajstić information content (AvgIpc) is 2.54. The van der Waals surface area contributed by atoms with Gasteiger partial charge < -0.3 is 10.4 Å². The predicted octanol–water partition coefficient (Wildman–Crippen LogP) is 4.19. The zero-order valence-electron chi connectivity index (χ0n) is 11.9. The number of nitrogens with one attached hydrogen (secondary N) is 1. The minimum absolute atomic E-state index is 0.0872. The number of aliphatic hydroxyl groups excluding tert-OH is 1. The van der Waals surface area contributed by atoms with E-state index in [1.54, 1.807) is 0 Å². The minimum Gasteiger partial charge on any atom is -0.396 e. The van der Waals surface area contributed by atoms with Crippen LogP contribution in [0.2, 0.25) is 0 Å². The first-order chi connectivity index (χ1) is 9.81. The zero-order valence-corrected chi connectivity index (χ0v) is 11.9. The summed E-state index contributed by atoms with van der Waals surface area (Å²) in [6, 6.07) is 14.9. The molecule has 0 atom stereocenters. The van der Waals surface area contributed by atoms with Crippen LogP contribution in [0.5, 0.6) is 0 Å². The highest BCUT2D eigenvalue weighted by Crippen LogP contribution is 2.36. The Balaban J connectivity index is 1.72. The molecule has 2 heteroatoms. The molecule has 0 heterocycles. The Morgan fingerprint density at radius 3 is 2.45 bits per heavy atom. The Labute approximate surface area is 120 Å². The first-order valence-corrected chi connectivity index (χ1v) is 7.65. The maximum atomic E-state index is 9.75. The first kappa shape index (κ1) is 13.4. The van der Waals surface area contributed by atoms with Crippen molar-refractivity contribution in [2.24, 2.45) is 5.41 Å². The molecule has 0 unspecified atom stereocenters. The summed E-state index contributed by atoms with van der Waals surface area (Å²) < 4.78 is 0. The van der Waals surface area contributed by atoms with Crippen molar-refractivity contribution in [1.82, 2.24) is 0 Å². The molecule has 1 fully saturated rings. The molecule has 2 aromatic rings. The second-order valence-corrected chi connectivity index (χ2v) is 6.13. The van der Waals surface area contributed by atoms with E-state index >= 15 is 0 Å². The standard InChI is InChI=1S/C18H23NO/c20-14-18(10-4-1-5-11-18)13-19-17-9-8-15-6-2-3-7-16(15)12-17/h2-3,6-9,12,19-20H,1,4-5,10-11,13-14H2. The molecule has 1 aliphatic rings. The minimum atomic E-state index is 0.0872. The van der Waals surface area contributed by atoms with Gasteiger partial charge in [0.2, 0.25) is 0 Å². The van der Waals surface area contributed by atoms with Crippen LogP contribution in [0.25, 0.3) is 10.8 Å². The van der Waals surface area contributed by atoms with Crippen molar-refractivity contribution in [3.63, 3.8) is 0 Å². The third kappa shape index (κ3) is 2.80. The van der Waals surface area contributed by atoms with Gasteiger partial charge in [0.1, 0.15) is 0 Å². The molecule has 106 valence electrons. The lowest BCUT2D eigenvalue weighted by Crippen LogP contribution is -2.35. The second kappa shape index (κ2) is 5.84. The highest BCUT2D eigenvalue weighted by Gasteiger charge is 2.30. The largest absolute Gasteiger partial charge is 0.396 e. The van der Waals surface area contributed by atoms with Crippen LogP contribution >= 0.6 is 0 Å². The molecule has 0 radical (unpaired) electrons. The van der Waals surface area contributed by atoms with Crippen LogP contribution in [0.15, 0.2) is 42.5 Å². The van der Waals surface area contributed by atoms with Gasteiger partial charge in [0.15, 0.2) is 0 Å². The topological polar surface area (TPSA) is 32.3 Å². The van der Waals surface area contributed by atoms with Gasteiger partial charge in [-0.3, -0.25) is 0 Å². The van der Waals surface area contributed by atoms with Crippen LogP contribution in [0.1, 0.15) is 32.1 Å². The highest BCUT2D eigenvalue weighted by atomic mass is 16.3. The van der Waals surface area contributed by atoms with Crippen LogP contribution in [0.4, 0.5) is 5.69 Å². The third-order valence-corrected chi connectivity index (χ3v) is 4.67. The zero-order chi connectivity index (χ0) is 13.8. The summed E-state index contributed by atoms with van der Waals surface area (Å²) >= 11 is 0. The van der Waals surface area contributed by atoms with E-state index in [4.69, 9.17) is 0 Å². The van der Waals surface area contributed by atoms with Gasteiger partial charge >= 0.3 is 0 Å². The number of aliphatic hydroxyl groups is 1. The molecule has 1 saturated carbocycles. The van der Waals surface area contributed by atoms with Gasteiger partial charge in [0, 0.05) is 17.6 Å². The van der Waals surface area contributed by atoms with E-state index in [2.05, 4.69) is 47.8 Å². The number of rotatable bonds is 4. The molecular weight excluding hydrogens is 246 g/mol. The third-order valence-electron chi connectivity index (χ3n) is 4.67. The van der Waals surface area contributed by atoms with Crippen LogP contribution in [-0.2, 0) is 0 Å². The monoisotopic (exact) mass is 269 g/mol. The van der Waals surface area contributed by atoms with Crippen LogP contribution in [0.3, 0.4) is 0 Å². The number of fused-ring (bicyclic) bond motifs is 1. The Bertz CT molecular complexity index is 572. The van der Waals surface area contributed by atoms with E-state index in [0.29, 0.717) is 6.61 Å². The molecule has 0 spiro atoms. The van der Waals surface area contributed by atoms with Crippen LogP contribution < -0.4 is 5.32 Å². The van der Waals surface area contributed by atoms with Crippen molar-refractivity contribution >= 4 is 16.5 Å². The molecule has 2 nitrogen and oxygen atoms in total. The van der Waals surface area contributed by atoms with Gasteiger partial charge in [-0.25, -0.2) is 0 Å². The summed E-state index contributed by atoms with van der Waals surface area (Å²) in [5, 5.41) is 15.8. The summed E-state index contributed by atoms with van der Waals surface area (Å²) in [6.07, 6.45) is 6.10. The lowest BCUT2D eigenvalue weighted by atomic mass is 9.74. The van der Waals surface area contributed by atoms with Gasteiger partial charge in [-0.2, -0.15) is 0 Å². The highest BCUT2D eigenvalue weighted by molar-refractivity contribution is 5.85. The van der Waals surface area contributed by atoms with E-state index in [1.165, 1.54) is 30.0 Å². The van der Waals surface area contributed by atoms with Crippen LogP contribution in [-0.4, -0.2) is 18.3 Å². The van der Waals surface area contributed by atoms with E-state index in [1.807, 2.05) is 0 Å². The molecule has 3 rings (SSSR count). The average molecular weight is 269 g/mol. The Kier molecular flexibility index (Phi) is 3.93. The van der Waals surface area contributed by atoms with E-state index in [9.17, 15) is 5.11 Å². The molecule has 2 aromatic carbocycles. The van der Waals surface area contributed by atoms with Crippen molar-refractivity contribution < 1.29 is 5.11 Å². The summed E-state index contributed by atoms with van der Waals surface area (Å²) in [7, 11) is 0. The molecule has 0 aromatic heterocycles.